The van der Waals surface area contributed by atoms with Gasteiger partial charge in [0.15, 0.2) is 0 Å². The van der Waals surface area contributed by atoms with E-state index >= 15 is 0 Å². The number of halogens is 1. The second kappa shape index (κ2) is 7.11. The van der Waals surface area contributed by atoms with Crippen molar-refractivity contribution in [2.75, 3.05) is 0 Å². The van der Waals surface area contributed by atoms with Crippen molar-refractivity contribution in [3.8, 4) is 17.2 Å². The number of aryl methyl sites for hydroxylation is 3. The van der Waals surface area contributed by atoms with E-state index in [0.29, 0.717) is 30.6 Å². The summed E-state index contributed by atoms with van der Waals surface area (Å²) in [6.45, 7) is 6.45. The minimum Gasteiger partial charge on any atom is -0.296 e. The Bertz CT molecular complexity index is 1060. The predicted molar refractivity (Wildman–Crippen MR) is 106 cm³/mol. The number of hydrogen-bond acceptors (Lipinski definition) is 4. The molecule has 0 radical (unpaired) electrons. The first-order chi connectivity index (χ1) is 11.9. The largest absolute Gasteiger partial charge is 0.296 e. The first-order valence-electron chi connectivity index (χ1n) is 8.08. The van der Waals surface area contributed by atoms with Gasteiger partial charge >= 0.3 is 0 Å². The molecule has 25 heavy (non-hydrogen) atoms. The number of benzene rings is 1. The summed E-state index contributed by atoms with van der Waals surface area (Å²) in [5.41, 5.74) is 3.11. The highest BCUT2D eigenvalue weighted by Crippen LogP contribution is 2.39. The van der Waals surface area contributed by atoms with Crippen LogP contribution in [0.3, 0.4) is 0 Å². The third-order valence-corrected chi connectivity index (χ3v) is 5.93. The van der Waals surface area contributed by atoms with Crippen LogP contribution < -0.4 is 5.56 Å². The molecule has 2 heterocycles. The standard InChI is InChI=1S/C19H18BrN3OS/c1-11-6-7-15(20)14(10-11)16-12(2)25-18-17(16)19(24)23(13(3)22-18)9-5-4-8-21/h6-7,10H,4-5,9H2,1-3H3. The quantitative estimate of drug-likeness (QED) is 0.555. The number of nitriles is 1. The zero-order chi connectivity index (χ0) is 18.1. The van der Waals surface area contributed by atoms with E-state index in [1.807, 2.05) is 32.9 Å². The van der Waals surface area contributed by atoms with Crippen LogP contribution in [0.2, 0.25) is 0 Å². The summed E-state index contributed by atoms with van der Waals surface area (Å²) >= 11 is 5.18. The smallest absolute Gasteiger partial charge is 0.262 e. The van der Waals surface area contributed by atoms with Crippen molar-refractivity contribution in [1.29, 1.82) is 5.26 Å². The Labute approximate surface area is 158 Å². The van der Waals surface area contributed by atoms with Gasteiger partial charge in [0.25, 0.3) is 5.56 Å². The number of rotatable bonds is 4. The molecule has 0 unspecified atom stereocenters. The molecule has 3 aromatic rings. The lowest BCUT2D eigenvalue weighted by Gasteiger charge is -2.10. The molecule has 1 aromatic carbocycles. The third kappa shape index (κ3) is 3.26. The van der Waals surface area contributed by atoms with Crippen molar-refractivity contribution in [2.24, 2.45) is 0 Å². The van der Waals surface area contributed by atoms with E-state index in [4.69, 9.17) is 5.26 Å². The van der Waals surface area contributed by atoms with Crippen molar-refractivity contribution >= 4 is 37.5 Å². The van der Waals surface area contributed by atoms with E-state index in [-0.39, 0.29) is 5.56 Å². The van der Waals surface area contributed by atoms with Crippen LogP contribution in [0.5, 0.6) is 0 Å². The van der Waals surface area contributed by atoms with Crippen molar-refractivity contribution in [3.05, 3.63) is 49.3 Å². The van der Waals surface area contributed by atoms with Gasteiger partial charge in [-0.05, 0) is 38.8 Å². The molecule has 0 bridgehead atoms. The van der Waals surface area contributed by atoms with Crippen LogP contribution in [0.15, 0.2) is 27.5 Å². The van der Waals surface area contributed by atoms with E-state index in [1.165, 1.54) is 0 Å². The minimum atomic E-state index is -0.0202. The molecular weight excluding hydrogens is 398 g/mol. The number of nitrogens with zero attached hydrogens (tertiary/aromatic N) is 3. The van der Waals surface area contributed by atoms with Gasteiger partial charge in [0, 0.05) is 27.9 Å². The van der Waals surface area contributed by atoms with E-state index in [2.05, 4.69) is 33.0 Å². The summed E-state index contributed by atoms with van der Waals surface area (Å²) < 4.78 is 2.66. The van der Waals surface area contributed by atoms with Crippen LogP contribution in [0, 0.1) is 32.1 Å². The molecule has 2 aromatic heterocycles. The van der Waals surface area contributed by atoms with Crippen molar-refractivity contribution in [1.82, 2.24) is 9.55 Å². The molecule has 0 aliphatic carbocycles. The van der Waals surface area contributed by atoms with Gasteiger partial charge in [-0.3, -0.25) is 9.36 Å². The zero-order valence-electron chi connectivity index (χ0n) is 14.4. The van der Waals surface area contributed by atoms with Crippen LogP contribution in [0.25, 0.3) is 21.3 Å². The van der Waals surface area contributed by atoms with Gasteiger partial charge in [-0.1, -0.05) is 33.6 Å². The van der Waals surface area contributed by atoms with Gasteiger partial charge in [-0.25, -0.2) is 4.98 Å². The lowest BCUT2D eigenvalue weighted by Crippen LogP contribution is -2.23. The maximum Gasteiger partial charge on any atom is 0.262 e. The predicted octanol–water partition coefficient (Wildman–Crippen LogP) is 5.12. The summed E-state index contributed by atoms with van der Waals surface area (Å²) in [7, 11) is 0. The molecule has 0 aliphatic rings. The average Bonchev–Trinajstić information content (AvgIpc) is 2.89. The average molecular weight is 416 g/mol. The Kier molecular flexibility index (Phi) is 5.07. The highest BCUT2D eigenvalue weighted by Gasteiger charge is 2.20. The Hall–Kier alpha value is -1.97. The fourth-order valence-corrected chi connectivity index (χ4v) is 4.55. The number of fused-ring (bicyclic) bond motifs is 1. The molecular formula is C19H18BrN3OS. The number of thiophene rings is 1. The number of aromatic nitrogens is 2. The molecule has 0 spiro atoms. The molecule has 0 saturated carbocycles. The molecule has 0 saturated heterocycles. The lowest BCUT2D eigenvalue weighted by atomic mass is 10.0. The van der Waals surface area contributed by atoms with E-state index in [0.717, 1.165) is 30.9 Å². The first kappa shape index (κ1) is 17.8. The molecule has 0 fully saturated rings. The van der Waals surface area contributed by atoms with Gasteiger partial charge in [-0.15, -0.1) is 11.3 Å². The SMILES string of the molecule is Cc1ccc(Br)c(-c2c(C)sc3nc(C)n(CCCC#N)c(=O)c23)c1. The summed E-state index contributed by atoms with van der Waals surface area (Å²) in [6.07, 6.45) is 1.08. The monoisotopic (exact) mass is 415 g/mol. The second-order valence-electron chi connectivity index (χ2n) is 6.07. The summed E-state index contributed by atoms with van der Waals surface area (Å²) in [5, 5.41) is 9.43. The molecule has 0 aliphatic heterocycles. The maximum atomic E-state index is 13.2. The highest BCUT2D eigenvalue weighted by molar-refractivity contribution is 9.10. The van der Waals surface area contributed by atoms with E-state index in [9.17, 15) is 4.79 Å². The van der Waals surface area contributed by atoms with Crippen LogP contribution in [-0.2, 0) is 6.54 Å². The topological polar surface area (TPSA) is 58.7 Å². The second-order valence-corrected chi connectivity index (χ2v) is 8.13. The highest BCUT2D eigenvalue weighted by atomic mass is 79.9. The first-order valence-corrected chi connectivity index (χ1v) is 9.69. The van der Waals surface area contributed by atoms with Gasteiger partial charge in [0.2, 0.25) is 0 Å². The molecule has 6 heteroatoms. The van der Waals surface area contributed by atoms with Crippen LogP contribution >= 0.6 is 27.3 Å². The van der Waals surface area contributed by atoms with Crippen molar-refractivity contribution < 1.29 is 0 Å². The molecule has 3 rings (SSSR count). The Morgan fingerprint density at radius 3 is 2.80 bits per heavy atom. The molecule has 0 N–H and O–H groups in total. The summed E-state index contributed by atoms with van der Waals surface area (Å²) in [5.74, 6) is 0.701. The van der Waals surface area contributed by atoms with Gasteiger partial charge in [-0.2, -0.15) is 5.26 Å². The van der Waals surface area contributed by atoms with E-state index in [1.54, 1.807) is 15.9 Å². The summed E-state index contributed by atoms with van der Waals surface area (Å²) in [4.78, 5) is 19.7. The third-order valence-electron chi connectivity index (χ3n) is 4.24. The van der Waals surface area contributed by atoms with Gasteiger partial charge in [0.1, 0.15) is 10.7 Å². The van der Waals surface area contributed by atoms with Gasteiger partial charge < -0.3 is 0 Å². The molecule has 128 valence electrons. The van der Waals surface area contributed by atoms with Crippen molar-refractivity contribution in [3.63, 3.8) is 0 Å². The fourth-order valence-electron chi connectivity index (χ4n) is 3.03. The minimum absolute atomic E-state index is 0.0202. The Morgan fingerprint density at radius 1 is 1.32 bits per heavy atom. The van der Waals surface area contributed by atoms with E-state index < -0.39 is 0 Å². The summed E-state index contributed by atoms with van der Waals surface area (Å²) in [6, 6.07) is 8.28. The van der Waals surface area contributed by atoms with Gasteiger partial charge in [0.05, 0.1) is 11.5 Å². The lowest BCUT2D eigenvalue weighted by molar-refractivity contribution is 0.607. The fraction of sp³-hybridized carbons (Fsp3) is 0.316. The molecule has 0 amide bonds. The van der Waals surface area contributed by atoms with Crippen LogP contribution in [0.1, 0.15) is 29.1 Å². The Balaban J connectivity index is 2.28. The molecule has 0 atom stereocenters. The Morgan fingerprint density at radius 2 is 2.08 bits per heavy atom. The number of hydrogen-bond donors (Lipinski definition) is 0. The number of unbranched alkanes of at least 4 members (excludes halogenated alkanes) is 1. The zero-order valence-corrected chi connectivity index (χ0v) is 16.8. The van der Waals surface area contributed by atoms with Crippen molar-refractivity contribution in [2.45, 2.75) is 40.2 Å². The van der Waals surface area contributed by atoms with Crippen LogP contribution in [0.4, 0.5) is 0 Å². The van der Waals surface area contributed by atoms with Crippen LogP contribution in [-0.4, -0.2) is 9.55 Å². The normalized spacial score (nSPS) is 11.0. The molecule has 4 nitrogen and oxygen atoms in total. The maximum absolute atomic E-state index is 13.2.